The zero-order valence-corrected chi connectivity index (χ0v) is 12.3. The first-order valence-corrected chi connectivity index (χ1v) is 8.21. The first kappa shape index (κ1) is 13.0. The molecule has 3 rings (SSSR count). The minimum atomic E-state index is 0.929. The number of anilines is 1. The number of hydrogen-bond donors (Lipinski definition) is 1. The van der Waals surface area contributed by atoms with Gasteiger partial charge in [0.15, 0.2) is 0 Å². The van der Waals surface area contributed by atoms with E-state index in [1.54, 1.807) is 11.1 Å². The molecule has 1 saturated carbocycles. The average Bonchev–Trinajstić information content (AvgIpc) is 2.48. The summed E-state index contributed by atoms with van der Waals surface area (Å²) in [4.78, 5) is 0. The average molecular weight is 257 g/mol. The molecule has 0 bridgehead atoms. The molecule has 1 nitrogen and oxygen atoms in total. The van der Waals surface area contributed by atoms with Crippen LogP contribution in [0, 0.1) is 11.8 Å². The Kier molecular flexibility index (Phi) is 4.10. The molecule has 1 heterocycles. The van der Waals surface area contributed by atoms with Crippen LogP contribution in [0.15, 0.2) is 18.2 Å². The second-order valence-electron chi connectivity index (χ2n) is 6.48. The summed E-state index contributed by atoms with van der Waals surface area (Å²) in [7, 11) is 0. The molecule has 0 spiro atoms. The molecule has 104 valence electrons. The van der Waals surface area contributed by atoms with Gasteiger partial charge in [0.25, 0.3) is 0 Å². The summed E-state index contributed by atoms with van der Waals surface area (Å²) >= 11 is 0. The predicted molar refractivity (Wildman–Crippen MR) is 82.7 cm³/mol. The van der Waals surface area contributed by atoms with Gasteiger partial charge < -0.3 is 5.32 Å². The van der Waals surface area contributed by atoms with Gasteiger partial charge in [-0.15, -0.1) is 0 Å². The summed E-state index contributed by atoms with van der Waals surface area (Å²) in [6.07, 6.45) is 11.1. The molecule has 0 amide bonds. The van der Waals surface area contributed by atoms with Gasteiger partial charge in [0.05, 0.1) is 0 Å². The molecule has 0 atom stereocenters. The monoisotopic (exact) mass is 257 g/mol. The van der Waals surface area contributed by atoms with E-state index in [2.05, 4.69) is 30.4 Å². The molecule has 1 fully saturated rings. The fraction of sp³-hybridized carbons (Fsp3) is 0.667. The first-order valence-electron chi connectivity index (χ1n) is 8.21. The van der Waals surface area contributed by atoms with E-state index in [0.29, 0.717) is 0 Å². The summed E-state index contributed by atoms with van der Waals surface area (Å²) in [6, 6.07) is 6.92. The van der Waals surface area contributed by atoms with Gasteiger partial charge in [-0.2, -0.15) is 0 Å². The van der Waals surface area contributed by atoms with Crippen molar-refractivity contribution in [1.29, 1.82) is 0 Å². The molecule has 19 heavy (non-hydrogen) atoms. The smallest absolute Gasteiger partial charge is 0.0405 e. The van der Waals surface area contributed by atoms with E-state index in [1.165, 1.54) is 57.1 Å². The number of hydrogen-bond acceptors (Lipinski definition) is 1. The molecule has 1 aliphatic heterocycles. The lowest BCUT2D eigenvalue weighted by atomic mass is 9.78. The van der Waals surface area contributed by atoms with Crippen LogP contribution in [-0.4, -0.2) is 6.54 Å². The van der Waals surface area contributed by atoms with E-state index >= 15 is 0 Å². The molecule has 0 aromatic heterocycles. The van der Waals surface area contributed by atoms with Crippen LogP contribution in [0.1, 0.15) is 56.6 Å². The summed E-state index contributed by atoms with van der Waals surface area (Å²) < 4.78 is 0. The zero-order valence-electron chi connectivity index (χ0n) is 12.3. The highest BCUT2D eigenvalue weighted by Crippen LogP contribution is 2.35. The molecule has 2 aliphatic rings. The van der Waals surface area contributed by atoms with Crippen LogP contribution in [0.5, 0.6) is 0 Å². The molecule has 0 saturated heterocycles. The second-order valence-corrected chi connectivity index (χ2v) is 6.48. The van der Waals surface area contributed by atoms with Crippen LogP contribution in [0.25, 0.3) is 0 Å². The minimum absolute atomic E-state index is 0.929. The third kappa shape index (κ3) is 2.96. The van der Waals surface area contributed by atoms with Gasteiger partial charge in [-0.3, -0.25) is 0 Å². The number of aryl methyl sites for hydroxylation is 1. The van der Waals surface area contributed by atoms with Gasteiger partial charge in [-0.05, 0) is 55.1 Å². The lowest BCUT2D eigenvalue weighted by Crippen LogP contribution is -2.18. The Morgan fingerprint density at radius 2 is 1.89 bits per heavy atom. The number of fused-ring (bicyclic) bond motifs is 1. The molecule has 1 heteroatoms. The van der Waals surface area contributed by atoms with Crippen molar-refractivity contribution in [2.45, 2.75) is 58.3 Å². The normalized spacial score (nSPS) is 26.6. The minimum Gasteiger partial charge on any atom is -0.385 e. The number of rotatable bonds is 3. The molecular weight excluding hydrogens is 230 g/mol. The first-order chi connectivity index (χ1) is 9.36. The molecule has 1 aromatic rings. The molecule has 0 unspecified atom stereocenters. The van der Waals surface area contributed by atoms with Gasteiger partial charge in [-0.1, -0.05) is 44.4 Å². The standard InChI is InChI=1S/C18H27N/c1-2-14-8-10-15(11-9-14)13-17-6-3-5-16-7-4-12-19-18(16)17/h3,5-6,14-15,19H,2,4,7-13H2,1H3. The van der Waals surface area contributed by atoms with Gasteiger partial charge in [0.1, 0.15) is 0 Å². The Labute approximate surface area is 117 Å². The Balaban J connectivity index is 1.67. The number of nitrogens with one attached hydrogen (secondary N) is 1. The molecular formula is C18H27N. The fourth-order valence-corrected chi connectivity index (χ4v) is 3.91. The van der Waals surface area contributed by atoms with Crippen molar-refractivity contribution < 1.29 is 0 Å². The van der Waals surface area contributed by atoms with Crippen molar-refractivity contribution in [3.05, 3.63) is 29.3 Å². The van der Waals surface area contributed by atoms with Crippen LogP contribution < -0.4 is 5.32 Å². The van der Waals surface area contributed by atoms with Gasteiger partial charge in [0, 0.05) is 12.2 Å². The summed E-state index contributed by atoms with van der Waals surface area (Å²) in [5, 5.41) is 3.64. The summed E-state index contributed by atoms with van der Waals surface area (Å²) in [5.41, 5.74) is 4.61. The fourth-order valence-electron chi connectivity index (χ4n) is 3.91. The maximum Gasteiger partial charge on any atom is 0.0405 e. The van der Waals surface area contributed by atoms with Crippen molar-refractivity contribution in [3.8, 4) is 0 Å². The van der Waals surface area contributed by atoms with Crippen LogP contribution in [0.2, 0.25) is 0 Å². The zero-order chi connectivity index (χ0) is 13.1. The second kappa shape index (κ2) is 5.98. The third-order valence-corrected chi connectivity index (χ3v) is 5.21. The topological polar surface area (TPSA) is 12.0 Å². The summed E-state index contributed by atoms with van der Waals surface area (Å²) in [6.45, 7) is 3.51. The maximum atomic E-state index is 3.64. The molecule has 1 aliphatic carbocycles. The van der Waals surface area contributed by atoms with E-state index in [-0.39, 0.29) is 0 Å². The molecule has 1 N–H and O–H groups in total. The largest absolute Gasteiger partial charge is 0.385 e. The van der Waals surface area contributed by atoms with Crippen molar-refractivity contribution in [2.75, 3.05) is 11.9 Å². The van der Waals surface area contributed by atoms with Crippen LogP contribution in [-0.2, 0) is 12.8 Å². The number of para-hydroxylation sites is 1. The van der Waals surface area contributed by atoms with Crippen LogP contribution >= 0.6 is 0 Å². The van der Waals surface area contributed by atoms with Crippen molar-refractivity contribution in [1.82, 2.24) is 0 Å². The highest BCUT2D eigenvalue weighted by atomic mass is 14.9. The highest BCUT2D eigenvalue weighted by molar-refractivity contribution is 5.59. The quantitative estimate of drug-likeness (QED) is 0.820. The lowest BCUT2D eigenvalue weighted by Gasteiger charge is -2.29. The van der Waals surface area contributed by atoms with Crippen LogP contribution in [0.3, 0.4) is 0 Å². The Hall–Kier alpha value is -0.980. The Morgan fingerprint density at radius 3 is 2.68 bits per heavy atom. The van der Waals surface area contributed by atoms with Crippen molar-refractivity contribution in [3.63, 3.8) is 0 Å². The van der Waals surface area contributed by atoms with Gasteiger partial charge >= 0.3 is 0 Å². The van der Waals surface area contributed by atoms with E-state index < -0.39 is 0 Å². The van der Waals surface area contributed by atoms with Crippen molar-refractivity contribution >= 4 is 5.69 Å². The van der Waals surface area contributed by atoms with E-state index in [9.17, 15) is 0 Å². The van der Waals surface area contributed by atoms with Crippen LogP contribution in [0.4, 0.5) is 5.69 Å². The van der Waals surface area contributed by atoms with E-state index in [4.69, 9.17) is 0 Å². The van der Waals surface area contributed by atoms with Gasteiger partial charge in [0.2, 0.25) is 0 Å². The SMILES string of the molecule is CCC1CCC(Cc2cccc3c2NCCC3)CC1. The van der Waals surface area contributed by atoms with Gasteiger partial charge in [-0.25, -0.2) is 0 Å². The molecule has 0 radical (unpaired) electrons. The van der Waals surface area contributed by atoms with E-state index in [1.807, 2.05) is 0 Å². The van der Waals surface area contributed by atoms with Crippen molar-refractivity contribution in [2.24, 2.45) is 11.8 Å². The van der Waals surface area contributed by atoms with E-state index in [0.717, 1.165) is 18.4 Å². The number of benzene rings is 1. The molecule has 1 aromatic carbocycles. The summed E-state index contributed by atoms with van der Waals surface area (Å²) in [5.74, 6) is 1.94. The lowest BCUT2D eigenvalue weighted by molar-refractivity contribution is 0.268. The Morgan fingerprint density at radius 1 is 1.11 bits per heavy atom. The maximum absolute atomic E-state index is 3.64. The highest BCUT2D eigenvalue weighted by Gasteiger charge is 2.22. The predicted octanol–water partition coefficient (Wildman–Crippen LogP) is 4.80. The third-order valence-electron chi connectivity index (χ3n) is 5.21. The Bertz CT molecular complexity index is 416.